The van der Waals surface area contributed by atoms with E-state index in [1.165, 1.54) is 46.2 Å². The van der Waals surface area contributed by atoms with Gasteiger partial charge < -0.3 is 10.2 Å². The molecule has 1 aromatic heterocycles. The fourth-order valence-corrected chi connectivity index (χ4v) is 6.64. The predicted molar refractivity (Wildman–Crippen MR) is 162 cm³/mol. The number of carbonyl (C=O) groups excluding carboxylic acids is 2. The number of nitrogens with zero attached hydrogens (tertiary/aromatic N) is 3. The van der Waals surface area contributed by atoms with Gasteiger partial charge in [0.05, 0.1) is 11.6 Å². The lowest BCUT2D eigenvalue weighted by Gasteiger charge is -2.23. The van der Waals surface area contributed by atoms with Crippen LogP contribution in [0.2, 0.25) is 0 Å². The summed E-state index contributed by atoms with van der Waals surface area (Å²) in [7, 11) is 0. The average molecular weight is 578 g/mol. The van der Waals surface area contributed by atoms with Gasteiger partial charge in [-0.2, -0.15) is 0 Å². The lowest BCUT2D eigenvalue weighted by Crippen LogP contribution is -2.30. The minimum absolute atomic E-state index is 0.0395. The molecule has 0 bridgehead atoms. The van der Waals surface area contributed by atoms with Crippen LogP contribution in [0.1, 0.15) is 22.7 Å². The lowest BCUT2D eigenvalue weighted by molar-refractivity contribution is -0.117. The maximum atomic E-state index is 13.4. The molecule has 0 spiro atoms. The van der Waals surface area contributed by atoms with Gasteiger partial charge in [0.1, 0.15) is 5.75 Å². The molecule has 6 rings (SSSR count). The smallest absolute Gasteiger partial charge is 0.296 e. The molecule has 2 heterocycles. The maximum absolute atomic E-state index is 13.4. The van der Waals surface area contributed by atoms with Gasteiger partial charge in [0.15, 0.2) is 15.9 Å². The molecule has 4 aromatic carbocycles. The number of aromatic nitrogens is 2. The molecule has 0 fully saturated rings. The van der Waals surface area contributed by atoms with Crippen LogP contribution >= 0.6 is 23.1 Å². The molecule has 0 saturated heterocycles. The summed E-state index contributed by atoms with van der Waals surface area (Å²) in [4.78, 5) is 28.1. The van der Waals surface area contributed by atoms with E-state index < -0.39 is 23.5 Å². The van der Waals surface area contributed by atoms with Gasteiger partial charge in [-0.25, -0.2) is 0 Å². The van der Waals surface area contributed by atoms with Crippen LogP contribution < -0.4 is 4.90 Å². The first-order valence-electron chi connectivity index (χ1n) is 12.8. The highest BCUT2D eigenvalue weighted by Gasteiger charge is 2.45. The zero-order valence-corrected chi connectivity index (χ0v) is 23.2. The van der Waals surface area contributed by atoms with Gasteiger partial charge >= 0.3 is 0 Å². The first-order chi connectivity index (χ1) is 20.0. The van der Waals surface area contributed by atoms with Crippen LogP contribution in [0.4, 0.5) is 5.13 Å². The topological polar surface area (TPSA) is 104 Å². The molecule has 1 amide bonds. The van der Waals surface area contributed by atoms with E-state index in [0.29, 0.717) is 15.7 Å². The summed E-state index contributed by atoms with van der Waals surface area (Å²) in [5, 5.41) is 31.9. The monoisotopic (exact) mass is 577 g/mol. The lowest BCUT2D eigenvalue weighted by atomic mass is 9.95. The summed E-state index contributed by atoms with van der Waals surface area (Å²) in [6.45, 7) is 0. The molecule has 0 radical (unpaired) electrons. The van der Waals surface area contributed by atoms with E-state index in [2.05, 4.69) is 34.5 Å². The fourth-order valence-electron chi connectivity index (χ4n) is 4.77. The number of aliphatic hydroxyl groups excluding tert-OH is 1. The van der Waals surface area contributed by atoms with Crippen molar-refractivity contribution in [3.8, 4) is 5.75 Å². The SMILES string of the molecule is O=C(C=Cc1ccccc1)C1=C(O)C(=O)N(c2nnc(SCc3cccc4ccccc34)s2)C1c1ccc(O)cc1. The third kappa shape index (κ3) is 5.37. The van der Waals surface area contributed by atoms with Crippen molar-refractivity contribution in [2.45, 2.75) is 16.1 Å². The molecular weight excluding hydrogens is 555 g/mol. The highest BCUT2D eigenvalue weighted by Crippen LogP contribution is 2.43. The summed E-state index contributed by atoms with van der Waals surface area (Å²) in [5.74, 6) is -1.18. The zero-order chi connectivity index (χ0) is 28.3. The van der Waals surface area contributed by atoms with Gasteiger partial charge in [-0.1, -0.05) is 114 Å². The Morgan fingerprint density at radius 2 is 1.63 bits per heavy atom. The van der Waals surface area contributed by atoms with E-state index in [1.54, 1.807) is 18.2 Å². The number of anilines is 1. The maximum Gasteiger partial charge on any atom is 0.296 e. The normalized spacial score (nSPS) is 15.4. The molecular formula is C32H23N3O4S2. The molecule has 1 atom stereocenters. The molecule has 9 heteroatoms. The number of aliphatic hydroxyl groups is 1. The molecule has 202 valence electrons. The standard InChI is InChI=1S/C32H23N3O4S2/c36-24-16-14-22(15-17-24)28-27(26(37)18-13-20-7-2-1-3-8-20)29(38)30(39)35(28)31-33-34-32(41-31)40-19-23-11-6-10-21-9-4-5-12-25(21)23/h1-18,28,36,38H,19H2. The molecule has 7 nitrogen and oxygen atoms in total. The second-order valence-corrected chi connectivity index (χ2v) is 11.5. The largest absolute Gasteiger partial charge is 0.508 e. The Morgan fingerprint density at radius 3 is 2.44 bits per heavy atom. The van der Waals surface area contributed by atoms with Crippen LogP contribution in [-0.4, -0.2) is 32.1 Å². The molecule has 0 saturated carbocycles. The van der Waals surface area contributed by atoms with Crippen molar-refractivity contribution < 1.29 is 19.8 Å². The van der Waals surface area contributed by atoms with Crippen LogP contribution in [0.15, 0.2) is 119 Å². The average Bonchev–Trinajstić information content (AvgIpc) is 3.57. The Kier molecular flexibility index (Phi) is 7.37. The van der Waals surface area contributed by atoms with Crippen LogP contribution in [0.25, 0.3) is 16.8 Å². The summed E-state index contributed by atoms with van der Waals surface area (Å²) in [5.41, 5.74) is 2.44. The number of hydrogen-bond donors (Lipinski definition) is 2. The summed E-state index contributed by atoms with van der Waals surface area (Å²) >= 11 is 2.72. The van der Waals surface area contributed by atoms with Gasteiger partial charge in [-0.3, -0.25) is 14.5 Å². The Hall–Kier alpha value is -4.73. The molecule has 1 aliphatic heterocycles. The highest BCUT2D eigenvalue weighted by atomic mass is 32.2. The molecule has 5 aromatic rings. The number of amides is 1. The third-order valence-electron chi connectivity index (χ3n) is 6.74. The molecule has 41 heavy (non-hydrogen) atoms. The van der Waals surface area contributed by atoms with Crippen molar-refractivity contribution in [1.82, 2.24) is 10.2 Å². The van der Waals surface area contributed by atoms with Gasteiger partial charge in [-0.05, 0) is 45.7 Å². The Morgan fingerprint density at radius 1 is 0.902 bits per heavy atom. The summed E-state index contributed by atoms with van der Waals surface area (Å²) in [6.07, 6.45) is 2.98. The van der Waals surface area contributed by atoms with Gasteiger partial charge in [0.25, 0.3) is 5.91 Å². The number of carbonyl (C=O) groups is 2. The number of thioether (sulfide) groups is 1. The molecule has 2 N–H and O–H groups in total. The quantitative estimate of drug-likeness (QED) is 0.118. The minimum Gasteiger partial charge on any atom is -0.508 e. The van der Waals surface area contributed by atoms with Crippen molar-refractivity contribution in [3.63, 3.8) is 0 Å². The van der Waals surface area contributed by atoms with Crippen molar-refractivity contribution >= 4 is 56.8 Å². The van der Waals surface area contributed by atoms with Crippen LogP contribution in [-0.2, 0) is 15.3 Å². The van der Waals surface area contributed by atoms with Crippen molar-refractivity contribution in [3.05, 3.63) is 131 Å². The van der Waals surface area contributed by atoms with Crippen LogP contribution in [0.3, 0.4) is 0 Å². The Bertz CT molecular complexity index is 1810. The van der Waals surface area contributed by atoms with Crippen molar-refractivity contribution in [2.75, 3.05) is 4.90 Å². The highest BCUT2D eigenvalue weighted by molar-refractivity contribution is 8.00. The van der Waals surface area contributed by atoms with E-state index in [0.717, 1.165) is 21.9 Å². The van der Waals surface area contributed by atoms with Crippen molar-refractivity contribution in [2.24, 2.45) is 0 Å². The minimum atomic E-state index is -0.945. The van der Waals surface area contributed by atoms with E-state index in [4.69, 9.17) is 0 Å². The molecule has 1 aliphatic rings. The van der Waals surface area contributed by atoms with E-state index >= 15 is 0 Å². The zero-order valence-electron chi connectivity index (χ0n) is 21.5. The number of ketones is 1. The number of phenolic OH excluding ortho intramolecular Hbond substituents is 1. The van der Waals surface area contributed by atoms with E-state index in [9.17, 15) is 19.8 Å². The molecule has 0 aliphatic carbocycles. The second-order valence-electron chi connectivity index (χ2n) is 9.32. The summed E-state index contributed by atoms with van der Waals surface area (Å²) in [6, 6.07) is 28.8. The number of hydrogen-bond acceptors (Lipinski definition) is 8. The van der Waals surface area contributed by atoms with E-state index in [1.807, 2.05) is 48.5 Å². The van der Waals surface area contributed by atoms with Crippen molar-refractivity contribution in [1.29, 1.82) is 0 Å². The summed E-state index contributed by atoms with van der Waals surface area (Å²) < 4.78 is 0.647. The first kappa shape index (κ1) is 26.5. The third-order valence-corrected chi connectivity index (χ3v) is 8.85. The number of allylic oxidation sites excluding steroid dienone is 1. The van der Waals surface area contributed by atoms with Gasteiger partial charge in [-0.15, -0.1) is 10.2 Å². The molecule has 1 unspecified atom stereocenters. The number of rotatable bonds is 8. The predicted octanol–water partition coefficient (Wildman–Crippen LogP) is 6.87. The number of benzene rings is 4. The number of aromatic hydroxyl groups is 1. The van der Waals surface area contributed by atoms with Crippen LogP contribution in [0.5, 0.6) is 5.75 Å². The Labute approximate surface area is 244 Å². The Balaban J connectivity index is 1.30. The van der Waals surface area contributed by atoms with Gasteiger partial charge in [0, 0.05) is 5.75 Å². The van der Waals surface area contributed by atoms with E-state index in [-0.39, 0.29) is 16.5 Å². The first-order valence-corrected chi connectivity index (χ1v) is 14.6. The fraction of sp³-hybridized carbons (Fsp3) is 0.0625. The van der Waals surface area contributed by atoms with Crippen LogP contribution in [0, 0.1) is 0 Å². The number of phenols is 1. The number of fused-ring (bicyclic) bond motifs is 1. The van der Waals surface area contributed by atoms with Gasteiger partial charge in [0.2, 0.25) is 5.13 Å². The second kappa shape index (κ2) is 11.4.